The highest BCUT2D eigenvalue weighted by Gasteiger charge is 2.22. The molecule has 2 aromatic rings. The molecule has 24 heavy (non-hydrogen) atoms. The Hall–Kier alpha value is -2.02. The van der Waals surface area contributed by atoms with Gasteiger partial charge in [-0.2, -0.15) is 0 Å². The van der Waals surface area contributed by atoms with Crippen molar-refractivity contribution in [2.24, 2.45) is 0 Å². The van der Waals surface area contributed by atoms with E-state index in [0.717, 1.165) is 26.2 Å². The predicted molar refractivity (Wildman–Crippen MR) is 94.5 cm³/mol. The number of carbonyl (C=O) groups excluding carboxylic acids is 1. The third kappa shape index (κ3) is 3.72. The molecule has 1 aromatic heterocycles. The predicted octanol–water partition coefficient (Wildman–Crippen LogP) is 2.44. The fraction of sp³-hybridized carbons (Fsp3) is 0.471. The summed E-state index contributed by atoms with van der Waals surface area (Å²) in [7, 11) is 0. The Kier molecular flexibility index (Phi) is 5.08. The molecule has 128 valence electrons. The van der Waals surface area contributed by atoms with Crippen molar-refractivity contribution in [1.82, 2.24) is 15.1 Å². The number of aryl methyl sites for hydroxylation is 2. The van der Waals surface area contributed by atoms with E-state index in [2.05, 4.69) is 47.1 Å². The van der Waals surface area contributed by atoms with Gasteiger partial charge in [0.2, 0.25) is 11.8 Å². The second-order valence-electron chi connectivity index (χ2n) is 5.96. The van der Waals surface area contributed by atoms with Gasteiger partial charge in [-0.3, -0.25) is 4.79 Å². The summed E-state index contributed by atoms with van der Waals surface area (Å²) in [5.41, 5.74) is 3.90. The maximum Gasteiger partial charge on any atom is 0.277 e. The van der Waals surface area contributed by atoms with Crippen LogP contribution in [0.4, 0.5) is 5.69 Å². The Morgan fingerprint density at radius 1 is 1.17 bits per heavy atom. The van der Waals surface area contributed by atoms with Crippen LogP contribution in [0.15, 0.2) is 27.8 Å². The third-order valence-corrected chi connectivity index (χ3v) is 5.18. The Labute approximate surface area is 146 Å². The molecule has 1 fully saturated rings. The molecule has 2 heterocycles. The van der Waals surface area contributed by atoms with E-state index in [1.165, 1.54) is 28.6 Å². The molecular weight excluding hydrogens is 324 g/mol. The molecule has 1 saturated heterocycles. The minimum Gasteiger partial charge on any atom is -0.416 e. The molecule has 1 aliphatic rings. The van der Waals surface area contributed by atoms with Crippen LogP contribution in [-0.4, -0.2) is 52.9 Å². The van der Waals surface area contributed by atoms with Crippen molar-refractivity contribution in [3.63, 3.8) is 0 Å². The standard InChI is InChI=1S/C17H22N4O2S/c1-12-5-4-6-15(13(12)2)20-7-9-21(10-8-20)16(22)11-24-17-19-18-14(3)23-17/h4-6H,7-11H2,1-3H3. The summed E-state index contributed by atoms with van der Waals surface area (Å²) in [6.07, 6.45) is 0. The monoisotopic (exact) mass is 346 g/mol. The minimum absolute atomic E-state index is 0.122. The molecule has 0 atom stereocenters. The summed E-state index contributed by atoms with van der Waals surface area (Å²) >= 11 is 1.30. The summed E-state index contributed by atoms with van der Waals surface area (Å²) in [4.78, 5) is 16.6. The number of thioether (sulfide) groups is 1. The lowest BCUT2D eigenvalue weighted by atomic mass is 10.1. The highest BCUT2D eigenvalue weighted by atomic mass is 32.2. The lowest BCUT2D eigenvalue weighted by Crippen LogP contribution is -2.49. The first kappa shape index (κ1) is 16.8. The van der Waals surface area contributed by atoms with E-state index in [-0.39, 0.29) is 5.91 Å². The van der Waals surface area contributed by atoms with Crippen molar-refractivity contribution in [3.8, 4) is 0 Å². The van der Waals surface area contributed by atoms with Crippen molar-refractivity contribution in [3.05, 3.63) is 35.2 Å². The highest BCUT2D eigenvalue weighted by molar-refractivity contribution is 7.99. The number of benzene rings is 1. The van der Waals surface area contributed by atoms with Crippen LogP contribution in [0.1, 0.15) is 17.0 Å². The molecule has 0 unspecified atom stereocenters. The van der Waals surface area contributed by atoms with Crippen molar-refractivity contribution < 1.29 is 9.21 Å². The van der Waals surface area contributed by atoms with Gasteiger partial charge in [0.25, 0.3) is 5.22 Å². The van der Waals surface area contributed by atoms with E-state index < -0.39 is 0 Å². The van der Waals surface area contributed by atoms with Crippen LogP contribution in [0, 0.1) is 20.8 Å². The van der Waals surface area contributed by atoms with Gasteiger partial charge in [-0.05, 0) is 31.0 Å². The third-order valence-electron chi connectivity index (χ3n) is 4.38. The van der Waals surface area contributed by atoms with Crippen LogP contribution in [0.25, 0.3) is 0 Å². The number of hydrogen-bond acceptors (Lipinski definition) is 6. The van der Waals surface area contributed by atoms with E-state index in [4.69, 9.17) is 4.42 Å². The molecule has 7 heteroatoms. The molecule has 3 rings (SSSR count). The van der Waals surface area contributed by atoms with Gasteiger partial charge in [0.1, 0.15) is 0 Å². The molecule has 0 aliphatic carbocycles. The Bertz CT molecular complexity index is 723. The number of aromatic nitrogens is 2. The van der Waals surface area contributed by atoms with E-state index >= 15 is 0 Å². The lowest BCUT2D eigenvalue weighted by molar-refractivity contribution is -0.128. The van der Waals surface area contributed by atoms with Crippen LogP contribution in [0.3, 0.4) is 0 Å². The maximum atomic E-state index is 12.3. The fourth-order valence-electron chi connectivity index (χ4n) is 2.83. The fourth-order valence-corrected chi connectivity index (χ4v) is 3.53. The van der Waals surface area contributed by atoms with Crippen LogP contribution in [-0.2, 0) is 4.79 Å². The van der Waals surface area contributed by atoms with Gasteiger partial charge in [-0.1, -0.05) is 23.9 Å². The molecular formula is C17H22N4O2S. The van der Waals surface area contributed by atoms with Crippen LogP contribution in [0.5, 0.6) is 0 Å². The molecule has 0 bridgehead atoms. The number of rotatable bonds is 4. The molecule has 6 nitrogen and oxygen atoms in total. The van der Waals surface area contributed by atoms with Gasteiger partial charge in [0.05, 0.1) is 5.75 Å². The summed E-state index contributed by atoms with van der Waals surface area (Å²) < 4.78 is 5.28. The number of hydrogen-bond donors (Lipinski definition) is 0. The minimum atomic E-state index is 0.122. The Morgan fingerprint density at radius 2 is 1.92 bits per heavy atom. The number of amides is 1. The van der Waals surface area contributed by atoms with Crippen molar-refractivity contribution in [2.75, 3.05) is 36.8 Å². The smallest absolute Gasteiger partial charge is 0.277 e. The highest BCUT2D eigenvalue weighted by Crippen LogP contribution is 2.24. The first-order valence-corrected chi connectivity index (χ1v) is 9.05. The first-order chi connectivity index (χ1) is 11.5. The summed E-state index contributed by atoms with van der Waals surface area (Å²) in [5.74, 6) is 0.981. The number of nitrogens with zero attached hydrogens (tertiary/aromatic N) is 4. The molecule has 1 aromatic carbocycles. The second kappa shape index (κ2) is 7.25. The van der Waals surface area contributed by atoms with Gasteiger partial charge < -0.3 is 14.2 Å². The summed E-state index contributed by atoms with van der Waals surface area (Å²) in [6.45, 7) is 9.25. The SMILES string of the molecule is Cc1nnc(SCC(=O)N2CCN(c3cccc(C)c3C)CC2)o1. The van der Waals surface area contributed by atoms with Crippen molar-refractivity contribution in [2.45, 2.75) is 26.0 Å². The molecule has 0 radical (unpaired) electrons. The first-order valence-electron chi connectivity index (χ1n) is 8.06. The zero-order valence-corrected chi connectivity index (χ0v) is 15.1. The van der Waals surface area contributed by atoms with Gasteiger partial charge in [-0.15, -0.1) is 10.2 Å². The topological polar surface area (TPSA) is 62.5 Å². The van der Waals surface area contributed by atoms with Crippen LogP contribution in [0.2, 0.25) is 0 Å². The average Bonchev–Trinajstić information content (AvgIpc) is 3.01. The van der Waals surface area contributed by atoms with E-state index in [9.17, 15) is 4.79 Å². The maximum absolute atomic E-state index is 12.3. The van der Waals surface area contributed by atoms with E-state index in [1.54, 1.807) is 6.92 Å². The van der Waals surface area contributed by atoms with Gasteiger partial charge in [-0.25, -0.2) is 0 Å². The molecule has 1 amide bonds. The van der Waals surface area contributed by atoms with E-state index in [1.807, 2.05) is 4.90 Å². The normalized spacial score (nSPS) is 15.0. The average molecular weight is 346 g/mol. The zero-order chi connectivity index (χ0) is 17.1. The zero-order valence-electron chi connectivity index (χ0n) is 14.3. The van der Waals surface area contributed by atoms with Crippen LogP contribution >= 0.6 is 11.8 Å². The number of anilines is 1. The Balaban J connectivity index is 1.53. The summed E-state index contributed by atoms with van der Waals surface area (Å²) in [6, 6.07) is 6.39. The van der Waals surface area contributed by atoms with Gasteiger partial charge in [0.15, 0.2) is 0 Å². The van der Waals surface area contributed by atoms with Gasteiger partial charge in [0, 0.05) is 38.8 Å². The number of piperazine rings is 1. The molecule has 0 spiro atoms. The molecule has 0 N–H and O–H groups in total. The van der Waals surface area contributed by atoms with Crippen molar-refractivity contribution in [1.29, 1.82) is 0 Å². The van der Waals surface area contributed by atoms with Crippen LogP contribution < -0.4 is 4.90 Å². The quantitative estimate of drug-likeness (QED) is 0.793. The lowest BCUT2D eigenvalue weighted by Gasteiger charge is -2.37. The largest absolute Gasteiger partial charge is 0.416 e. The molecule has 1 aliphatic heterocycles. The molecule has 0 saturated carbocycles. The number of carbonyl (C=O) groups is 1. The summed E-state index contributed by atoms with van der Waals surface area (Å²) in [5, 5.41) is 8.12. The Morgan fingerprint density at radius 3 is 2.58 bits per heavy atom. The van der Waals surface area contributed by atoms with E-state index in [0.29, 0.717) is 16.9 Å². The van der Waals surface area contributed by atoms with Crippen molar-refractivity contribution >= 4 is 23.4 Å². The van der Waals surface area contributed by atoms with Gasteiger partial charge >= 0.3 is 0 Å². The second-order valence-corrected chi connectivity index (χ2v) is 6.89.